The van der Waals surface area contributed by atoms with E-state index in [1.165, 1.54) is 18.3 Å². The van der Waals surface area contributed by atoms with Gasteiger partial charge in [-0.25, -0.2) is 0 Å². The second kappa shape index (κ2) is 10.5. The van der Waals surface area contributed by atoms with Crippen LogP contribution < -0.4 is 4.73 Å². The number of pyridine rings is 1. The van der Waals surface area contributed by atoms with Gasteiger partial charge in [0.05, 0.1) is 12.2 Å². The minimum Gasteiger partial charge on any atom is -0.618 e. The minimum atomic E-state index is -1.34. The van der Waals surface area contributed by atoms with Crippen molar-refractivity contribution in [2.45, 2.75) is 52.2 Å². The molecule has 2 rings (SSSR count). The van der Waals surface area contributed by atoms with Crippen LogP contribution >= 0.6 is 0 Å². The van der Waals surface area contributed by atoms with Crippen LogP contribution in [0.1, 0.15) is 56.1 Å². The van der Waals surface area contributed by atoms with Gasteiger partial charge in [-0.15, -0.1) is 0 Å². The number of carbonyl (C=O) groups is 3. The lowest BCUT2D eigenvalue weighted by molar-refractivity contribution is -0.607. The fourth-order valence-corrected chi connectivity index (χ4v) is 3.11. The van der Waals surface area contributed by atoms with Crippen molar-refractivity contribution in [2.24, 2.45) is 5.92 Å². The molecule has 2 aromatic rings. The highest BCUT2D eigenvalue weighted by Gasteiger charge is 2.41. The number of ether oxygens (including phenoxy) is 2. The Hall–Kier alpha value is -3.22. The van der Waals surface area contributed by atoms with Crippen molar-refractivity contribution in [3.63, 3.8) is 0 Å². The second-order valence-electron chi connectivity index (χ2n) is 7.51. The third-order valence-corrected chi connectivity index (χ3v) is 4.36. The molecule has 0 N–H and O–H groups in total. The van der Waals surface area contributed by atoms with Gasteiger partial charge in [0, 0.05) is 24.5 Å². The van der Waals surface area contributed by atoms with Gasteiger partial charge in [0.2, 0.25) is 5.78 Å². The van der Waals surface area contributed by atoms with Crippen molar-refractivity contribution in [1.82, 2.24) is 0 Å². The zero-order chi connectivity index (χ0) is 22.3. The summed E-state index contributed by atoms with van der Waals surface area (Å²) in [5.41, 5.74) is 0.539. The summed E-state index contributed by atoms with van der Waals surface area (Å²) in [4.78, 5) is 38.7. The molecule has 0 spiro atoms. The molecule has 0 aliphatic heterocycles. The van der Waals surface area contributed by atoms with Crippen molar-refractivity contribution >= 4 is 17.7 Å². The van der Waals surface area contributed by atoms with E-state index in [4.69, 9.17) is 9.47 Å². The third-order valence-electron chi connectivity index (χ3n) is 4.36. The van der Waals surface area contributed by atoms with E-state index in [1.54, 1.807) is 64.1 Å². The molecular weight excluding hydrogens is 386 g/mol. The molecule has 30 heavy (non-hydrogen) atoms. The molecule has 1 aromatic carbocycles. The van der Waals surface area contributed by atoms with Gasteiger partial charge < -0.3 is 14.7 Å². The summed E-state index contributed by atoms with van der Waals surface area (Å²) in [5.74, 6) is -4.21. The predicted octanol–water partition coefficient (Wildman–Crippen LogP) is 3.20. The Balaban J connectivity index is 2.48. The summed E-state index contributed by atoms with van der Waals surface area (Å²) in [6.07, 6.45) is 0.0951. The average molecular weight is 413 g/mol. The largest absolute Gasteiger partial charge is 0.618 e. The number of ketones is 1. The van der Waals surface area contributed by atoms with E-state index in [9.17, 15) is 19.6 Å². The third kappa shape index (κ3) is 6.14. The highest BCUT2D eigenvalue weighted by Crippen LogP contribution is 2.32. The van der Waals surface area contributed by atoms with Gasteiger partial charge >= 0.3 is 11.9 Å². The molecule has 0 saturated carbocycles. The average Bonchev–Trinajstić information content (AvgIpc) is 2.67. The maximum absolute atomic E-state index is 12.9. The molecule has 0 saturated heterocycles. The number of hydrogen-bond acceptors (Lipinski definition) is 6. The predicted molar refractivity (Wildman–Crippen MR) is 109 cm³/mol. The summed E-state index contributed by atoms with van der Waals surface area (Å²) in [6, 6.07) is 13.3. The summed E-state index contributed by atoms with van der Waals surface area (Å²) < 4.78 is 11.1. The maximum Gasteiger partial charge on any atom is 0.321 e. The Morgan fingerprint density at radius 2 is 1.40 bits per heavy atom. The van der Waals surface area contributed by atoms with E-state index in [2.05, 4.69) is 0 Å². The maximum atomic E-state index is 12.9. The normalized spacial score (nSPS) is 12.1. The molecule has 0 radical (unpaired) electrons. The summed E-state index contributed by atoms with van der Waals surface area (Å²) in [5, 5.41) is 12.0. The first-order valence-corrected chi connectivity index (χ1v) is 9.88. The Bertz CT molecular complexity index is 856. The van der Waals surface area contributed by atoms with E-state index in [0.717, 1.165) is 0 Å². The van der Waals surface area contributed by atoms with Crippen LogP contribution in [0.2, 0.25) is 0 Å². The van der Waals surface area contributed by atoms with Crippen LogP contribution in [0, 0.1) is 11.1 Å². The number of esters is 2. The molecule has 0 aliphatic rings. The lowest BCUT2D eigenvalue weighted by Gasteiger charge is -2.26. The number of nitrogens with zero attached hydrogens (tertiary/aromatic N) is 1. The van der Waals surface area contributed by atoms with Gasteiger partial charge in [0.1, 0.15) is 0 Å². The monoisotopic (exact) mass is 413 g/mol. The number of Topliss-reactive ketones (excluding diaryl/α,β-unsaturated/α-hetero) is 1. The Kier molecular flexibility index (Phi) is 8.09. The van der Waals surface area contributed by atoms with Gasteiger partial charge in [-0.05, 0) is 39.3 Å². The van der Waals surface area contributed by atoms with Crippen molar-refractivity contribution < 1.29 is 28.6 Å². The van der Waals surface area contributed by atoms with Crippen molar-refractivity contribution in [3.05, 3.63) is 71.2 Å². The standard InChI is InChI=1S/C23H27NO6/c1-15(2)29-22(26)21(23(27)30-16(3)4)18(17-10-6-5-7-11-17)14-20(25)19-12-8-9-13-24(19)28/h5-13,15-16,18,21H,14H2,1-4H3/t18-/m1/s1. The Morgan fingerprint density at radius 3 is 1.90 bits per heavy atom. The fourth-order valence-electron chi connectivity index (χ4n) is 3.11. The lowest BCUT2D eigenvalue weighted by atomic mass is 9.81. The summed E-state index contributed by atoms with van der Waals surface area (Å²) in [6.45, 7) is 6.71. The number of rotatable bonds is 9. The molecule has 1 heterocycles. The highest BCUT2D eigenvalue weighted by atomic mass is 16.6. The molecule has 1 atom stereocenters. The van der Waals surface area contributed by atoms with Crippen LogP contribution in [-0.4, -0.2) is 29.9 Å². The van der Waals surface area contributed by atoms with E-state index in [1.807, 2.05) is 0 Å². The van der Waals surface area contributed by atoms with Crippen LogP contribution in [0.4, 0.5) is 0 Å². The van der Waals surface area contributed by atoms with E-state index >= 15 is 0 Å². The van der Waals surface area contributed by atoms with E-state index in [0.29, 0.717) is 10.3 Å². The second-order valence-corrected chi connectivity index (χ2v) is 7.51. The zero-order valence-corrected chi connectivity index (χ0v) is 17.6. The van der Waals surface area contributed by atoms with Crippen molar-refractivity contribution in [2.75, 3.05) is 0 Å². The van der Waals surface area contributed by atoms with Crippen LogP contribution in [0.5, 0.6) is 0 Å². The summed E-state index contributed by atoms with van der Waals surface area (Å²) in [7, 11) is 0. The molecule has 0 unspecified atom stereocenters. The lowest BCUT2D eigenvalue weighted by Crippen LogP contribution is -2.38. The van der Waals surface area contributed by atoms with Crippen LogP contribution in [0.25, 0.3) is 0 Å². The van der Waals surface area contributed by atoms with Crippen molar-refractivity contribution in [3.8, 4) is 0 Å². The molecule has 160 valence electrons. The SMILES string of the molecule is CC(C)OC(=O)C(C(=O)OC(C)C)[C@H](CC(=O)c1cccc[n+]1[O-])c1ccccc1. The molecule has 0 amide bonds. The number of hydrogen-bond donors (Lipinski definition) is 0. The minimum absolute atomic E-state index is 0.0633. The summed E-state index contributed by atoms with van der Waals surface area (Å²) >= 11 is 0. The van der Waals surface area contributed by atoms with Gasteiger partial charge in [-0.1, -0.05) is 30.3 Å². The first-order chi connectivity index (χ1) is 14.2. The molecule has 7 heteroatoms. The Morgan fingerprint density at radius 1 is 0.867 bits per heavy atom. The molecule has 0 aliphatic carbocycles. The van der Waals surface area contributed by atoms with Gasteiger partial charge in [0.15, 0.2) is 12.1 Å². The van der Waals surface area contributed by atoms with Gasteiger partial charge in [0.25, 0.3) is 5.69 Å². The highest BCUT2D eigenvalue weighted by molar-refractivity contribution is 5.99. The first kappa shape index (κ1) is 23.1. The van der Waals surface area contributed by atoms with E-state index < -0.39 is 41.8 Å². The molecular formula is C23H27NO6. The van der Waals surface area contributed by atoms with Gasteiger partial charge in [-0.3, -0.25) is 14.4 Å². The fraction of sp³-hybridized carbons (Fsp3) is 0.391. The molecule has 1 aromatic heterocycles. The quantitative estimate of drug-likeness (QED) is 0.206. The topological polar surface area (TPSA) is 96.6 Å². The molecule has 7 nitrogen and oxygen atoms in total. The van der Waals surface area contributed by atoms with Crippen LogP contribution in [0.15, 0.2) is 54.7 Å². The van der Waals surface area contributed by atoms with Crippen LogP contribution in [-0.2, 0) is 19.1 Å². The number of carbonyl (C=O) groups excluding carboxylic acids is 3. The smallest absolute Gasteiger partial charge is 0.321 e. The number of benzene rings is 1. The Labute approximate surface area is 176 Å². The van der Waals surface area contributed by atoms with Crippen LogP contribution in [0.3, 0.4) is 0 Å². The molecule has 0 bridgehead atoms. The number of aromatic nitrogens is 1. The zero-order valence-electron chi connectivity index (χ0n) is 17.6. The van der Waals surface area contributed by atoms with E-state index in [-0.39, 0.29) is 12.1 Å². The first-order valence-electron chi connectivity index (χ1n) is 9.88. The molecule has 0 fully saturated rings. The van der Waals surface area contributed by atoms with Gasteiger partial charge in [-0.2, -0.15) is 4.73 Å². The van der Waals surface area contributed by atoms with Crippen molar-refractivity contribution in [1.29, 1.82) is 0 Å².